The van der Waals surface area contributed by atoms with Gasteiger partial charge in [-0.3, -0.25) is 14.2 Å². The van der Waals surface area contributed by atoms with Gasteiger partial charge in [-0.05, 0) is 30.7 Å². The topological polar surface area (TPSA) is 64.0 Å². The van der Waals surface area contributed by atoms with Crippen LogP contribution in [0.25, 0.3) is 10.9 Å². The number of nitrogens with one attached hydrogen (secondary N) is 1. The molecule has 5 nitrogen and oxygen atoms in total. The standard InChI is InChI=1S/C21H20ClN3O2S/c1-3-11-25-20(27)17-10-9-16(22)12-18(17)24-21(25)28-14(2)19(26)23-13-15-7-5-4-6-8-15/h3-10,12,14H,1,11,13H2,2H3,(H,23,26). The van der Waals surface area contributed by atoms with Crippen molar-refractivity contribution in [2.75, 3.05) is 0 Å². The van der Waals surface area contributed by atoms with Crippen molar-refractivity contribution in [2.45, 2.75) is 30.4 Å². The highest BCUT2D eigenvalue weighted by molar-refractivity contribution is 8.00. The van der Waals surface area contributed by atoms with Gasteiger partial charge in [-0.2, -0.15) is 0 Å². The first-order valence-electron chi connectivity index (χ1n) is 8.79. The highest BCUT2D eigenvalue weighted by Crippen LogP contribution is 2.24. The van der Waals surface area contributed by atoms with Crippen molar-refractivity contribution in [3.8, 4) is 0 Å². The van der Waals surface area contributed by atoms with E-state index in [0.29, 0.717) is 34.2 Å². The van der Waals surface area contributed by atoms with E-state index < -0.39 is 5.25 Å². The molecule has 0 radical (unpaired) electrons. The van der Waals surface area contributed by atoms with E-state index in [9.17, 15) is 9.59 Å². The predicted molar refractivity (Wildman–Crippen MR) is 115 cm³/mol. The fourth-order valence-electron chi connectivity index (χ4n) is 2.69. The fraction of sp³-hybridized carbons (Fsp3) is 0.190. The van der Waals surface area contributed by atoms with Gasteiger partial charge in [-0.1, -0.05) is 59.8 Å². The molecule has 0 aliphatic heterocycles. The maximum Gasteiger partial charge on any atom is 0.262 e. The molecular weight excluding hydrogens is 394 g/mol. The zero-order valence-corrected chi connectivity index (χ0v) is 17.0. The Morgan fingerprint density at radius 3 is 2.79 bits per heavy atom. The number of rotatable bonds is 7. The summed E-state index contributed by atoms with van der Waals surface area (Å²) in [6.07, 6.45) is 1.63. The summed E-state index contributed by atoms with van der Waals surface area (Å²) in [5.41, 5.74) is 1.35. The van der Waals surface area contributed by atoms with Gasteiger partial charge >= 0.3 is 0 Å². The second kappa shape index (κ2) is 9.08. The van der Waals surface area contributed by atoms with Crippen LogP contribution in [0.4, 0.5) is 0 Å². The van der Waals surface area contributed by atoms with Crippen LogP contribution < -0.4 is 10.9 Å². The van der Waals surface area contributed by atoms with E-state index in [1.807, 2.05) is 30.3 Å². The fourth-order valence-corrected chi connectivity index (χ4v) is 3.80. The van der Waals surface area contributed by atoms with Crippen LogP contribution in [0.5, 0.6) is 0 Å². The van der Waals surface area contributed by atoms with Gasteiger partial charge in [-0.25, -0.2) is 4.98 Å². The van der Waals surface area contributed by atoms with Crippen molar-refractivity contribution in [3.05, 3.63) is 82.1 Å². The largest absolute Gasteiger partial charge is 0.351 e. The molecule has 3 rings (SSSR count). The number of nitrogens with zero attached hydrogens (tertiary/aromatic N) is 2. The summed E-state index contributed by atoms with van der Waals surface area (Å²) in [4.78, 5) is 29.9. The van der Waals surface area contributed by atoms with Crippen LogP contribution in [-0.4, -0.2) is 20.7 Å². The maximum absolute atomic E-state index is 12.8. The van der Waals surface area contributed by atoms with Gasteiger partial charge in [0.25, 0.3) is 5.56 Å². The van der Waals surface area contributed by atoms with Crippen LogP contribution in [0, 0.1) is 0 Å². The SMILES string of the molecule is C=CCn1c(SC(C)C(=O)NCc2ccccc2)nc2cc(Cl)ccc2c1=O. The van der Waals surface area contributed by atoms with E-state index in [-0.39, 0.29) is 11.5 Å². The zero-order chi connectivity index (χ0) is 20.1. The number of fused-ring (bicyclic) bond motifs is 1. The summed E-state index contributed by atoms with van der Waals surface area (Å²) in [7, 11) is 0. The van der Waals surface area contributed by atoms with Crippen LogP contribution in [-0.2, 0) is 17.9 Å². The van der Waals surface area contributed by atoms with Crippen LogP contribution >= 0.6 is 23.4 Å². The van der Waals surface area contributed by atoms with Crippen molar-refractivity contribution in [3.63, 3.8) is 0 Å². The average Bonchev–Trinajstić information content (AvgIpc) is 2.69. The van der Waals surface area contributed by atoms with Gasteiger partial charge in [0.05, 0.1) is 16.2 Å². The molecule has 1 aromatic heterocycles. The number of benzene rings is 2. The third kappa shape index (κ3) is 4.64. The monoisotopic (exact) mass is 413 g/mol. The van der Waals surface area contributed by atoms with E-state index >= 15 is 0 Å². The summed E-state index contributed by atoms with van der Waals surface area (Å²) in [5, 5.41) is 3.94. The molecule has 0 bridgehead atoms. The van der Waals surface area contributed by atoms with E-state index in [1.54, 1.807) is 31.2 Å². The number of hydrogen-bond donors (Lipinski definition) is 1. The molecule has 0 aliphatic rings. The van der Waals surface area contributed by atoms with Crippen LogP contribution in [0.15, 0.2) is 71.1 Å². The molecule has 1 amide bonds. The summed E-state index contributed by atoms with van der Waals surface area (Å²) in [5.74, 6) is -0.126. The number of carbonyl (C=O) groups excluding carboxylic acids is 1. The molecule has 2 aromatic carbocycles. The van der Waals surface area contributed by atoms with Crippen molar-refractivity contribution in [2.24, 2.45) is 0 Å². The highest BCUT2D eigenvalue weighted by Gasteiger charge is 2.19. The molecular formula is C21H20ClN3O2S. The molecule has 1 unspecified atom stereocenters. The van der Waals surface area contributed by atoms with Gasteiger partial charge in [0.2, 0.25) is 5.91 Å². The molecule has 1 heterocycles. The third-order valence-corrected chi connectivity index (χ3v) is 5.48. The minimum atomic E-state index is -0.427. The molecule has 0 fully saturated rings. The minimum Gasteiger partial charge on any atom is -0.351 e. The van der Waals surface area contributed by atoms with Gasteiger partial charge in [0, 0.05) is 18.1 Å². The molecule has 1 N–H and O–H groups in total. The summed E-state index contributed by atoms with van der Waals surface area (Å²) in [6.45, 7) is 6.26. The molecule has 7 heteroatoms. The molecule has 0 spiro atoms. The smallest absolute Gasteiger partial charge is 0.262 e. The Balaban J connectivity index is 1.83. The Morgan fingerprint density at radius 1 is 1.32 bits per heavy atom. The lowest BCUT2D eigenvalue weighted by molar-refractivity contribution is -0.120. The lowest BCUT2D eigenvalue weighted by atomic mass is 10.2. The predicted octanol–water partition coefficient (Wildman–Crippen LogP) is 4.03. The Kier molecular flexibility index (Phi) is 6.54. The molecule has 0 saturated carbocycles. The lowest BCUT2D eigenvalue weighted by Gasteiger charge is -2.15. The number of hydrogen-bond acceptors (Lipinski definition) is 4. The van der Waals surface area contributed by atoms with Gasteiger partial charge in [0.1, 0.15) is 0 Å². The van der Waals surface area contributed by atoms with Gasteiger partial charge < -0.3 is 5.32 Å². The van der Waals surface area contributed by atoms with Gasteiger partial charge in [-0.15, -0.1) is 6.58 Å². The van der Waals surface area contributed by atoms with Crippen molar-refractivity contribution in [1.82, 2.24) is 14.9 Å². The molecule has 144 valence electrons. The third-order valence-electron chi connectivity index (χ3n) is 4.15. The van der Waals surface area contributed by atoms with E-state index in [2.05, 4.69) is 16.9 Å². The molecule has 0 aliphatic carbocycles. The quantitative estimate of drug-likeness (QED) is 0.361. The van der Waals surface area contributed by atoms with Crippen LogP contribution in [0.2, 0.25) is 5.02 Å². The van der Waals surface area contributed by atoms with Crippen molar-refractivity contribution < 1.29 is 4.79 Å². The van der Waals surface area contributed by atoms with E-state index in [0.717, 1.165) is 5.56 Å². The molecule has 3 aromatic rings. The number of thioether (sulfide) groups is 1. The number of amides is 1. The highest BCUT2D eigenvalue weighted by atomic mass is 35.5. The zero-order valence-electron chi connectivity index (χ0n) is 15.4. The number of aromatic nitrogens is 2. The lowest BCUT2D eigenvalue weighted by Crippen LogP contribution is -2.31. The average molecular weight is 414 g/mol. The van der Waals surface area contributed by atoms with Crippen LogP contribution in [0.3, 0.4) is 0 Å². The molecule has 28 heavy (non-hydrogen) atoms. The first-order valence-corrected chi connectivity index (χ1v) is 10.0. The Hall–Kier alpha value is -2.57. The summed E-state index contributed by atoms with van der Waals surface area (Å²) < 4.78 is 1.52. The first-order chi connectivity index (χ1) is 13.5. The van der Waals surface area contributed by atoms with Crippen LogP contribution in [0.1, 0.15) is 12.5 Å². The van der Waals surface area contributed by atoms with Gasteiger partial charge in [0.15, 0.2) is 5.16 Å². The normalized spacial score (nSPS) is 11.9. The Morgan fingerprint density at radius 2 is 2.07 bits per heavy atom. The number of halogens is 1. The second-order valence-corrected chi connectivity index (χ2v) is 7.97. The van der Waals surface area contributed by atoms with Crippen molar-refractivity contribution in [1.29, 1.82) is 0 Å². The Labute approximate surface area is 172 Å². The Bertz CT molecular complexity index is 1070. The van der Waals surface area contributed by atoms with E-state index in [4.69, 9.17) is 11.6 Å². The molecule has 1 atom stereocenters. The second-order valence-electron chi connectivity index (χ2n) is 6.22. The minimum absolute atomic E-state index is 0.126. The maximum atomic E-state index is 12.8. The number of allylic oxidation sites excluding steroid dienone is 1. The van der Waals surface area contributed by atoms with E-state index in [1.165, 1.54) is 16.3 Å². The summed E-state index contributed by atoms with van der Waals surface area (Å²) in [6, 6.07) is 14.7. The number of carbonyl (C=O) groups is 1. The first kappa shape index (κ1) is 20.2. The molecule has 0 saturated heterocycles. The van der Waals surface area contributed by atoms with Crippen molar-refractivity contribution >= 4 is 40.2 Å². The summed E-state index contributed by atoms with van der Waals surface area (Å²) >= 11 is 7.28.